The molecule has 1 aromatic rings. The molecule has 1 heterocycles. The number of methoxy groups -OCH3 is 1. The van der Waals surface area contributed by atoms with E-state index in [-0.39, 0.29) is 11.6 Å². The van der Waals surface area contributed by atoms with E-state index < -0.39 is 0 Å². The van der Waals surface area contributed by atoms with Crippen LogP contribution in [0.4, 0.5) is 0 Å². The van der Waals surface area contributed by atoms with Crippen molar-refractivity contribution in [3.05, 3.63) is 27.7 Å². The van der Waals surface area contributed by atoms with Gasteiger partial charge in [0.25, 0.3) is 0 Å². The van der Waals surface area contributed by atoms with Gasteiger partial charge in [-0.15, -0.1) is 0 Å². The smallest absolute Gasteiger partial charge is 0.338 e. The third-order valence-electron chi connectivity index (χ3n) is 2.60. The largest absolute Gasteiger partial charge is 0.486 e. The molecule has 0 saturated heterocycles. The molecule has 0 aromatic heterocycles. The van der Waals surface area contributed by atoms with Gasteiger partial charge in [-0.1, -0.05) is 0 Å². The number of hydrogen-bond acceptors (Lipinski definition) is 3. The molecule has 16 heavy (non-hydrogen) atoms. The van der Waals surface area contributed by atoms with Gasteiger partial charge in [-0.2, -0.15) is 0 Å². The quantitative estimate of drug-likeness (QED) is 0.744. The zero-order valence-electron chi connectivity index (χ0n) is 9.46. The first-order valence-corrected chi connectivity index (χ1v) is 5.82. The van der Waals surface area contributed by atoms with Gasteiger partial charge in [-0.05, 0) is 41.9 Å². The van der Waals surface area contributed by atoms with Crippen molar-refractivity contribution in [2.75, 3.05) is 7.11 Å². The van der Waals surface area contributed by atoms with Crippen molar-refractivity contribution in [1.29, 1.82) is 0 Å². The molecule has 0 amide bonds. The molecular weight excluding hydrogens is 272 g/mol. The average molecular weight is 285 g/mol. The molecule has 0 saturated carbocycles. The number of benzene rings is 1. The van der Waals surface area contributed by atoms with E-state index in [2.05, 4.69) is 15.9 Å². The maximum Gasteiger partial charge on any atom is 0.338 e. The molecule has 0 atom stereocenters. The minimum absolute atomic E-state index is 0.269. The summed E-state index contributed by atoms with van der Waals surface area (Å²) in [6.45, 7) is 4.00. The first-order chi connectivity index (χ1) is 7.44. The lowest BCUT2D eigenvalue weighted by atomic mass is 9.97. The molecule has 1 aliphatic rings. The molecule has 4 heteroatoms. The molecule has 0 radical (unpaired) electrons. The van der Waals surface area contributed by atoms with Crippen LogP contribution in [-0.4, -0.2) is 18.7 Å². The van der Waals surface area contributed by atoms with Crippen molar-refractivity contribution in [2.45, 2.75) is 25.9 Å². The van der Waals surface area contributed by atoms with Crippen LogP contribution in [0.15, 0.2) is 16.6 Å². The molecule has 3 nitrogen and oxygen atoms in total. The Balaban J connectivity index is 2.54. The van der Waals surface area contributed by atoms with Gasteiger partial charge < -0.3 is 9.47 Å². The van der Waals surface area contributed by atoms with Gasteiger partial charge in [0, 0.05) is 12.0 Å². The number of rotatable bonds is 1. The van der Waals surface area contributed by atoms with Gasteiger partial charge in [0.05, 0.1) is 17.1 Å². The maximum absolute atomic E-state index is 11.6. The van der Waals surface area contributed by atoms with Crippen LogP contribution in [0.25, 0.3) is 0 Å². The summed E-state index contributed by atoms with van der Waals surface area (Å²) >= 11 is 3.43. The normalized spacial score (nSPS) is 16.5. The molecule has 0 unspecified atom stereocenters. The maximum atomic E-state index is 11.6. The van der Waals surface area contributed by atoms with Crippen LogP contribution in [0.1, 0.15) is 29.8 Å². The van der Waals surface area contributed by atoms with Crippen LogP contribution in [-0.2, 0) is 11.2 Å². The van der Waals surface area contributed by atoms with E-state index in [1.807, 2.05) is 19.9 Å². The summed E-state index contributed by atoms with van der Waals surface area (Å²) in [7, 11) is 1.39. The third kappa shape index (κ3) is 1.82. The Morgan fingerprint density at radius 3 is 2.81 bits per heavy atom. The van der Waals surface area contributed by atoms with Gasteiger partial charge in [-0.25, -0.2) is 4.79 Å². The van der Waals surface area contributed by atoms with E-state index in [1.54, 1.807) is 6.07 Å². The molecule has 1 aliphatic heterocycles. The Kier molecular flexibility index (Phi) is 2.70. The SMILES string of the molecule is COC(=O)c1ccc(Br)c2c1CC(C)(C)O2. The number of hydrogen-bond donors (Lipinski definition) is 0. The zero-order chi connectivity index (χ0) is 11.9. The standard InChI is InChI=1S/C12H13BrO3/c1-12(2)6-8-7(11(14)15-3)4-5-9(13)10(8)16-12/h4-5H,6H2,1-3H3. The highest BCUT2D eigenvalue weighted by Gasteiger charge is 2.34. The first kappa shape index (κ1) is 11.5. The Morgan fingerprint density at radius 1 is 1.50 bits per heavy atom. The van der Waals surface area contributed by atoms with Crippen LogP contribution in [0.5, 0.6) is 5.75 Å². The highest BCUT2D eigenvalue weighted by Crippen LogP contribution is 2.42. The van der Waals surface area contributed by atoms with Crippen LogP contribution in [0.2, 0.25) is 0 Å². The minimum atomic E-state index is -0.315. The van der Waals surface area contributed by atoms with Crippen LogP contribution < -0.4 is 4.74 Å². The van der Waals surface area contributed by atoms with Gasteiger partial charge >= 0.3 is 5.97 Å². The van der Waals surface area contributed by atoms with E-state index in [1.165, 1.54) is 7.11 Å². The van der Waals surface area contributed by atoms with E-state index in [4.69, 9.17) is 9.47 Å². The van der Waals surface area contributed by atoms with Crippen molar-refractivity contribution in [3.8, 4) is 5.75 Å². The van der Waals surface area contributed by atoms with Gasteiger partial charge in [-0.3, -0.25) is 0 Å². The van der Waals surface area contributed by atoms with Crippen molar-refractivity contribution < 1.29 is 14.3 Å². The topological polar surface area (TPSA) is 35.5 Å². The summed E-state index contributed by atoms with van der Waals surface area (Å²) in [5.74, 6) is 0.443. The fourth-order valence-electron chi connectivity index (χ4n) is 1.92. The number of esters is 1. The third-order valence-corrected chi connectivity index (χ3v) is 3.22. The fourth-order valence-corrected chi connectivity index (χ4v) is 2.38. The second-order valence-electron chi connectivity index (χ2n) is 4.43. The predicted molar refractivity (Wildman–Crippen MR) is 63.9 cm³/mol. The first-order valence-electron chi connectivity index (χ1n) is 5.03. The van der Waals surface area contributed by atoms with Crippen LogP contribution in [0, 0.1) is 0 Å². The van der Waals surface area contributed by atoms with Crippen molar-refractivity contribution >= 4 is 21.9 Å². The molecule has 0 N–H and O–H groups in total. The van der Waals surface area contributed by atoms with Gasteiger partial charge in [0.1, 0.15) is 11.4 Å². The second-order valence-corrected chi connectivity index (χ2v) is 5.29. The van der Waals surface area contributed by atoms with Crippen LogP contribution in [0.3, 0.4) is 0 Å². The molecule has 0 bridgehead atoms. The van der Waals surface area contributed by atoms with Crippen molar-refractivity contribution in [1.82, 2.24) is 0 Å². The van der Waals surface area contributed by atoms with Gasteiger partial charge in [0.2, 0.25) is 0 Å². The molecular formula is C12H13BrO3. The van der Waals surface area contributed by atoms with E-state index in [0.717, 1.165) is 15.8 Å². The minimum Gasteiger partial charge on any atom is -0.486 e. The Morgan fingerprint density at radius 2 is 2.19 bits per heavy atom. The Bertz CT molecular complexity index is 452. The second kappa shape index (κ2) is 3.77. The molecule has 0 spiro atoms. The number of ether oxygens (including phenoxy) is 2. The summed E-state index contributed by atoms with van der Waals surface area (Å²) < 4.78 is 11.4. The summed E-state index contributed by atoms with van der Waals surface area (Å²) in [4.78, 5) is 11.6. The van der Waals surface area contributed by atoms with Crippen molar-refractivity contribution in [3.63, 3.8) is 0 Å². The van der Waals surface area contributed by atoms with E-state index >= 15 is 0 Å². The van der Waals surface area contributed by atoms with Crippen molar-refractivity contribution in [2.24, 2.45) is 0 Å². The Hall–Kier alpha value is -1.03. The monoisotopic (exact) mass is 284 g/mol. The average Bonchev–Trinajstić information content (AvgIpc) is 2.54. The number of fused-ring (bicyclic) bond motifs is 1. The lowest BCUT2D eigenvalue weighted by Gasteiger charge is -2.17. The summed E-state index contributed by atoms with van der Waals surface area (Å²) in [5.41, 5.74) is 1.24. The summed E-state index contributed by atoms with van der Waals surface area (Å²) in [6, 6.07) is 3.58. The summed E-state index contributed by atoms with van der Waals surface area (Å²) in [6.07, 6.45) is 0.714. The van der Waals surface area contributed by atoms with Crippen LogP contribution >= 0.6 is 15.9 Å². The van der Waals surface area contributed by atoms with E-state index in [0.29, 0.717) is 12.0 Å². The molecule has 0 fully saturated rings. The van der Waals surface area contributed by atoms with Gasteiger partial charge in [0.15, 0.2) is 0 Å². The number of carbonyl (C=O) groups is 1. The highest BCUT2D eigenvalue weighted by molar-refractivity contribution is 9.10. The van der Waals surface area contributed by atoms with E-state index in [9.17, 15) is 4.79 Å². The lowest BCUT2D eigenvalue weighted by molar-refractivity contribution is 0.0599. The summed E-state index contributed by atoms with van der Waals surface area (Å²) in [5, 5.41) is 0. The number of halogens is 1. The zero-order valence-corrected chi connectivity index (χ0v) is 11.1. The highest BCUT2D eigenvalue weighted by atomic mass is 79.9. The predicted octanol–water partition coefficient (Wildman–Crippen LogP) is 2.95. The Labute approximate surface area is 103 Å². The molecule has 86 valence electrons. The molecule has 1 aromatic carbocycles. The lowest BCUT2D eigenvalue weighted by Crippen LogP contribution is -2.25. The fraction of sp³-hybridized carbons (Fsp3) is 0.417. The molecule has 2 rings (SSSR count). The number of carbonyl (C=O) groups excluding carboxylic acids is 1. The molecule has 0 aliphatic carbocycles.